The van der Waals surface area contributed by atoms with Crippen LogP contribution in [0.25, 0.3) is 0 Å². The standard InChI is InChI=1S/C10H19O2/c1-3-5-6-7-8-10(11)12-9-4-2/h2-9H2,1H3. The lowest BCUT2D eigenvalue weighted by molar-refractivity contribution is -0.143. The molecular weight excluding hydrogens is 152 g/mol. The fourth-order valence-corrected chi connectivity index (χ4v) is 0.954. The third-order valence-corrected chi connectivity index (χ3v) is 1.64. The van der Waals surface area contributed by atoms with Crippen LogP contribution < -0.4 is 0 Å². The highest BCUT2D eigenvalue weighted by atomic mass is 16.5. The predicted molar refractivity (Wildman–Crippen MR) is 49.7 cm³/mol. The molecule has 0 rings (SSSR count). The Balaban J connectivity index is 3.08. The molecule has 0 aromatic heterocycles. The van der Waals surface area contributed by atoms with Gasteiger partial charge in [0.1, 0.15) is 0 Å². The maximum absolute atomic E-state index is 10.9. The molecule has 0 aliphatic rings. The van der Waals surface area contributed by atoms with Crippen LogP contribution in [-0.4, -0.2) is 12.6 Å². The van der Waals surface area contributed by atoms with Gasteiger partial charge in [0.25, 0.3) is 0 Å². The number of ether oxygens (including phenoxy) is 1. The van der Waals surface area contributed by atoms with Gasteiger partial charge in [-0.05, 0) is 19.8 Å². The van der Waals surface area contributed by atoms with E-state index in [0.717, 1.165) is 12.8 Å². The summed E-state index contributed by atoms with van der Waals surface area (Å²) < 4.78 is 4.87. The van der Waals surface area contributed by atoms with Gasteiger partial charge in [-0.3, -0.25) is 4.79 Å². The number of carbonyl (C=O) groups is 1. The van der Waals surface area contributed by atoms with Gasteiger partial charge in [-0.25, -0.2) is 0 Å². The lowest BCUT2D eigenvalue weighted by Gasteiger charge is -2.01. The van der Waals surface area contributed by atoms with Crippen molar-refractivity contribution in [3.8, 4) is 0 Å². The minimum Gasteiger partial charge on any atom is -0.466 e. The maximum atomic E-state index is 10.9. The summed E-state index contributed by atoms with van der Waals surface area (Å²) in [5, 5.41) is 0. The van der Waals surface area contributed by atoms with Crippen molar-refractivity contribution >= 4 is 5.97 Å². The summed E-state index contributed by atoms with van der Waals surface area (Å²) in [7, 11) is 0. The Morgan fingerprint density at radius 1 is 1.33 bits per heavy atom. The van der Waals surface area contributed by atoms with Crippen LogP contribution in [0.1, 0.15) is 45.4 Å². The van der Waals surface area contributed by atoms with Gasteiger partial charge >= 0.3 is 5.97 Å². The van der Waals surface area contributed by atoms with Crippen molar-refractivity contribution in [1.82, 2.24) is 0 Å². The lowest BCUT2D eigenvalue weighted by Crippen LogP contribution is -2.04. The third-order valence-electron chi connectivity index (χ3n) is 1.64. The SMILES string of the molecule is [CH2]CCOC(=O)CCCCCC. The van der Waals surface area contributed by atoms with E-state index in [1.54, 1.807) is 0 Å². The Morgan fingerprint density at radius 3 is 2.67 bits per heavy atom. The zero-order valence-corrected chi connectivity index (χ0v) is 7.97. The monoisotopic (exact) mass is 171 g/mol. The van der Waals surface area contributed by atoms with Gasteiger partial charge in [-0.2, -0.15) is 0 Å². The molecule has 2 nitrogen and oxygen atoms in total. The highest BCUT2D eigenvalue weighted by molar-refractivity contribution is 5.69. The van der Waals surface area contributed by atoms with Crippen LogP contribution in [0.4, 0.5) is 0 Å². The lowest BCUT2D eigenvalue weighted by atomic mass is 10.2. The largest absolute Gasteiger partial charge is 0.466 e. The molecule has 0 unspecified atom stereocenters. The number of rotatable bonds is 7. The van der Waals surface area contributed by atoms with Crippen molar-refractivity contribution in [2.45, 2.75) is 45.4 Å². The van der Waals surface area contributed by atoms with E-state index in [1.165, 1.54) is 12.8 Å². The van der Waals surface area contributed by atoms with Crippen molar-refractivity contribution < 1.29 is 9.53 Å². The predicted octanol–water partition coefficient (Wildman–Crippen LogP) is 2.72. The van der Waals surface area contributed by atoms with Gasteiger partial charge in [0.2, 0.25) is 0 Å². The second kappa shape index (κ2) is 8.57. The van der Waals surface area contributed by atoms with E-state index in [2.05, 4.69) is 13.8 Å². The Morgan fingerprint density at radius 2 is 2.08 bits per heavy atom. The van der Waals surface area contributed by atoms with Gasteiger partial charge in [-0.1, -0.05) is 26.2 Å². The quantitative estimate of drug-likeness (QED) is 0.435. The second-order valence-corrected chi connectivity index (χ2v) is 2.88. The van der Waals surface area contributed by atoms with Gasteiger partial charge in [-0.15, -0.1) is 0 Å². The first-order valence-corrected chi connectivity index (χ1v) is 4.76. The molecule has 0 saturated carbocycles. The Bertz CT molecular complexity index is 110. The minimum atomic E-state index is -0.0743. The Labute approximate surface area is 75.3 Å². The van der Waals surface area contributed by atoms with Gasteiger partial charge in [0.15, 0.2) is 0 Å². The van der Waals surface area contributed by atoms with Crippen LogP contribution in [0.15, 0.2) is 0 Å². The first kappa shape index (κ1) is 11.5. The van der Waals surface area contributed by atoms with E-state index in [0.29, 0.717) is 19.4 Å². The van der Waals surface area contributed by atoms with E-state index in [-0.39, 0.29) is 5.97 Å². The van der Waals surface area contributed by atoms with Crippen molar-refractivity contribution in [3.63, 3.8) is 0 Å². The molecule has 2 heteroatoms. The molecule has 0 amide bonds. The van der Waals surface area contributed by atoms with E-state index >= 15 is 0 Å². The zero-order chi connectivity index (χ0) is 9.23. The summed E-state index contributed by atoms with van der Waals surface area (Å²) in [6, 6.07) is 0. The molecular formula is C10H19O2. The smallest absolute Gasteiger partial charge is 0.305 e. The van der Waals surface area contributed by atoms with Crippen LogP contribution in [0.5, 0.6) is 0 Å². The van der Waals surface area contributed by atoms with E-state index in [9.17, 15) is 4.79 Å². The minimum absolute atomic E-state index is 0.0743. The summed E-state index contributed by atoms with van der Waals surface area (Å²) in [5.41, 5.74) is 0. The van der Waals surface area contributed by atoms with Gasteiger partial charge in [0.05, 0.1) is 6.61 Å². The van der Waals surface area contributed by atoms with Crippen LogP contribution in [-0.2, 0) is 9.53 Å². The fraction of sp³-hybridized carbons (Fsp3) is 0.800. The van der Waals surface area contributed by atoms with Crippen LogP contribution in [0.2, 0.25) is 0 Å². The zero-order valence-electron chi connectivity index (χ0n) is 7.97. The first-order valence-electron chi connectivity index (χ1n) is 4.76. The number of hydrogen-bond acceptors (Lipinski definition) is 2. The molecule has 0 atom stereocenters. The van der Waals surface area contributed by atoms with Crippen molar-refractivity contribution in [1.29, 1.82) is 0 Å². The summed E-state index contributed by atoms with van der Waals surface area (Å²) in [6.07, 6.45) is 5.75. The van der Waals surface area contributed by atoms with Crippen LogP contribution in [0.3, 0.4) is 0 Å². The molecule has 1 radical (unpaired) electrons. The molecule has 12 heavy (non-hydrogen) atoms. The summed E-state index contributed by atoms with van der Waals surface area (Å²) in [5.74, 6) is -0.0743. The summed E-state index contributed by atoms with van der Waals surface area (Å²) in [6.45, 7) is 6.21. The molecule has 0 fully saturated rings. The Kier molecular flexibility index (Phi) is 8.19. The number of hydrogen-bond donors (Lipinski definition) is 0. The molecule has 0 saturated heterocycles. The van der Waals surface area contributed by atoms with Crippen molar-refractivity contribution in [2.75, 3.05) is 6.61 Å². The molecule has 71 valence electrons. The van der Waals surface area contributed by atoms with E-state index in [1.807, 2.05) is 0 Å². The van der Waals surface area contributed by atoms with E-state index in [4.69, 9.17) is 4.74 Å². The average molecular weight is 171 g/mol. The highest BCUT2D eigenvalue weighted by Crippen LogP contribution is 2.03. The number of esters is 1. The third kappa shape index (κ3) is 7.58. The number of carbonyl (C=O) groups excluding carboxylic acids is 1. The second-order valence-electron chi connectivity index (χ2n) is 2.88. The number of unbranched alkanes of at least 4 members (excludes halogenated alkanes) is 3. The molecule has 0 N–H and O–H groups in total. The van der Waals surface area contributed by atoms with Gasteiger partial charge in [0, 0.05) is 6.42 Å². The van der Waals surface area contributed by atoms with Crippen LogP contribution in [0, 0.1) is 6.92 Å². The summed E-state index contributed by atoms with van der Waals surface area (Å²) >= 11 is 0. The molecule has 0 aliphatic heterocycles. The maximum Gasteiger partial charge on any atom is 0.305 e. The van der Waals surface area contributed by atoms with E-state index < -0.39 is 0 Å². The molecule has 0 spiro atoms. The molecule has 0 aliphatic carbocycles. The molecule has 0 bridgehead atoms. The molecule has 0 heterocycles. The average Bonchev–Trinajstić information content (AvgIpc) is 2.09. The Hall–Kier alpha value is -0.530. The van der Waals surface area contributed by atoms with Gasteiger partial charge < -0.3 is 4.74 Å². The summed E-state index contributed by atoms with van der Waals surface area (Å²) in [4.78, 5) is 10.9. The van der Waals surface area contributed by atoms with Crippen molar-refractivity contribution in [2.24, 2.45) is 0 Å². The van der Waals surface area contributed by atoms with Crippen LogP contribution >= 0.6 is 0 Å². The molecule has 0 aromatic carbocycles. The molecule has 0 aromatic rings. The van der Waals surface area contributed by atoms with Crippen molar-refractivity contribution in [3.05, 3.63) is 6.92 Å². The topological polar surface area (TPSA) is 26.3 Å². The fourth-order valence-electron chi connectivity index (χ4n) is 0.954. The highest BCUT2D eigenvalue weighted by Gasteiger charge is 2.00. The normalized spacial score (nSPS) is 9.83. The first-order chi connectivity index (χ1) is 5.81.